The van der Waals surface area contributed by atoms with Gasteiger partial charge in [-0.1, -0.05) is 12.1 Å². The fourth-order valence-corrected chi connectivity index (χ4v) is 3.63. The molecule has 0 atom stereocenters. The minimum Gasteiger partial charge on any atom is -0.364 e. The van der Waals surface area contributed by atoms with Crippen molar-refractivity contribution < 1.29 is 12.9 Å². The third kappa shape index (κ3) is 5.06. The molecule has 1 fully saturated rings. The van der Waals surface area contributed by atoms with Gasteiger partial charge in [-0.25, -0.2) is 0 Å². The van der Waals surface area contributed by atoms with E-state index in [0.29, 0.717) is 24.7 Å². The van der Waals surface area contributed by atoms with Crippen LogP contribution in [-0.4, -0.2) is 44.1 Å². The third-order valence-corrected chi connectivity index (χ3v) is 5.25. The van der Waals surface area contributed by atoms with E-state index in [9.17, 15) is 8.42 Å². The smallest absolute Gasteiger partial charge is 0.279 e. The van der Waals surface area contributed by atoms with Gasteiger partial charge >= 0.3 is 0 Å². The molecule has 0 saturated carbocycles. The van der Waals surface area contributed by atoms with Crippen LogP contribution in [0.25, 0.3) is 0 Å². The zero-order valence-corrected chi connectivity index (χ0v) is 13.2. The second-order valence-corrected chi connectivity index (χ2v) is 7.12. The summed E-state index contributed by atoms with van der Waals surface area (Å²) in [5.41, 5.74) is 0.581. The van der Waals surface area contributed by atoms with Crippen molar-refractivity contribution >= 4 is 10.2 Å². The van der Waals surface area contributed by atoms with Crippen molar-refractivity contribution in [2.24, 2.45) is 5.92 Å². The minimum atomic E-state index is -3.43. The molecule has 0 spiro atoms. The van der Waals surface area contributed by atoms with E-state index >= 15 is 0 Å². The van der Waals surface area contributed by atoms with Crippen LogP contribution in [0.2, 0.25) is 0 Å². The van der Waals surface area contributed by atoms with Crippen molar-refractivity contribution in [3.05, 3.63) is 18.0 Å². The van der Waals surface area contributed by atoms with Crippen molar-refractivity contribution in [1.82, 2.24) is 19.5 Å². The number of nitrogens with zero attached hydrogens (tertiary/aromatic N) is 2. The van der Waals surface area contributed by atoms with Crippen LogP contribution in [0.15, 0.2) is 16.9 Å². The van der Waals surface area contributed by atoms with Gasteiger partial charge in [-0.2, -0.15) is 17.4 Å². The predicted octanol–water partition coefficient (Wildman–Crippen LogP) is 0.721. The molecule has 2 rings (SSSR count). The molecule has 1 aromatic rings. The van der Waals surface area contributed by atoms with Crippen LogP contribution in [0.1, 0.15) is 31.9 Å². The van der Waals surface area contributed by atoms with Crippen LogP contribution < -0.4 is 10.0 Å². The second-order valence-electron chi connectivity index (χ2n) is 5.36. The highest BCUT2D eigenvalue weighted by molar-refractivity contribution is 7.87. The Bertz CT molecular complexity index is 495. The standard InChI is InChI=1S/C13H24N4O3S/c1-2-6-14-10-12-3-7-17(8-4-12)21(18,19)15-11-13-5-9-20-16-13/h5,9,12,14-15H,2-4,6-8,10-11H2,1H3. The largest absolute Gasteiger partial charge is 0.364 e. The van der Waals surface area contributed by atoms with Crippen molar-refractivity contribution in [3.8, 4) is 0 Å². The summed E-state index contributed by atoms with van der Waals surface area (Å²) < 4.78 is 33.1. The molecule has 2 heterocycles. The van der Waals surface area contributed by atoms with Crippen molar-refractivity contribution in [2.75, 3.05) is 26.2 Å². The highest BCUT2D eigenvalue weighted by Gasteiger charge is 2.27. The van der Waals surface area contributed by atoms with Crippen LogP contribution >= 0.6 is 0 Å². The van der Waals surface area contributed by atoms with Crippen molar-refractivity contribution in [3.63, 3.8) is 0 Å². The molecule has 21 heavy (non-hydrogen) atoms. The fourth-order valence-electron chi connectivity index (χ4n) is 2.42. The molecule has 7 nitrogen and oxygen atoms in total. The Hall–Kier alpha value is -0.960. The van der Waals surface area contributed by atoms with E-state index in [1.165, 1.54) is 10.6 Å². The van der Waals surface area contributed by atoms with Gasteiger partial charge in [0.15, 0.2) is 0 Å². The lowest BCUT2D eigenvalue weighted by Crippen LogP contribution is -2.45. The maximum absolute atomic E-state index is 12.2. The predicted molar refractivity (Wildman–Crippen MR) is 79.7 cm³/mol. The van der Waals surface area contributed by atoms with Gasteiger partial charge in [0.05, 0.1) is 12.2 Å². The van der Waals surface area contributed by atoms with Gasteiger partial charge in [0.1, 0.15) is 6.26 Å². The minimum absolute atomic E-state index is 0.164. The summed E-state index contributed by atoms with van der Waals surface area (Å²) in [6.45, 7) is 5.46. The molecule has 0 unspecified atom stereocenters. The van der Waals surface area contributed by atoms with Gasteiger partial charge in [0.2, 0.25) is 0 Å². The lowest BCUT2D eigenvalue weighted by atomic mass is 9.98. The average molecular weight is 316 g/mol. The topological polar surface area (TPSA) is 87.5 Å². The van der Waals surface area contributed by atoms with Gasteiger partial charge in [0.25, 0.3) is 10.2 Å². The third-order valence-electron chi connectivity index (χ3n) is 3.70. The molecule has 1 aromatic heterocycles. The van der Waals surface area contributed by atoms with Gasteiger partial charge in [-0.15, -0.1) is 0 Å². The lowest BCUT2D eigenvalue weighted by molar-refractivity contribution is 0.265. The molecular weight excluding hydrogens is 292 g/mol. The van der Waals surface area contributed by atoms with Crippen LogP contribution in [0, 0.1) is 5.92 Å². The highest BCUT2D eigenvalue weighted by Crippen LogP contribution is 2.18. The first kappa shape index (κ1) is 16.4. The lowest BCUT2D eigenvalue weighted by Gasteiger charge is -2.31. The Kier molecular flexibility index (Phi) is 6.16. The Morgan fingerprint density at radius 2 is 2.19 bits per heavy atom. The van der Waals surface area contributed by atoms with E-state index < -0.39 is 10.2 Å². The summed E-state index contributed by atoms with van der Waals surface area (Å²) >= 11 is 0. The number of nitrogens with one attached hydrogen (secondary N) is 2. The summed E-state index contributed by atoms with van der Waals surface area (Å²) in [7, 11) is -3.43. The molecule has 1 aliphatic rings. The number of hydrogen-bond acceptors (Lipinski definition) is 5. The van der Waals surface area contributed by atoms with Gasteiger partial charge in [-0.05, 0) is 38.3 Å². The number of hydrogen-bond donors (Lipinski definition) is 2. The first-order valence-electron chi connectivity index (χ1n) is 7.46. The molecule has 120 valence electrons. The van der Waals surface area contributed by atoms with E-state index in [1.54, 1.807) is 6.07 Å². The van der Waals surface area contributed by atoms with E-state index in [4.69, 9.17) is 0 Å². The van der Waals surface area contributed by atoms with Crippen LogP contribution in [0.4, 0.5) is 0 Å². The molecule has 8 heteroatoms. The van der Waals surface area contributed by atoms with E-state index in [2.05, 4.69) is 26.6 Å². The zero-order chi connectivity index (χ0) is 15.1. The normalized spacial score (nSPS) is 18.1. The molecule has 2 N–H and O–H groups in total. The van der Waals surface area contributed by atoms with Crippen molar-refractivity contribution in [1.29, 1.82) is 0 Å². The quantitative estimate of drug-likeness (QED) is 0.690. The molecule has 0 amide bonds. The molecular formula is C13H24N4O3S. The van der Waals surface area contributed by atoms with E-state index in [0.717, 1.165) is 32.4 Å². The van der Waals surface area contributed by atoms with Gasteiger partial charge in [-0.3, -0.25) is 0 Å². The maximum atomic E-state index is 12.2. The highest BCUT2D eigenvalue weighted by atomic mass is 32.2. The van der Waals surface area contributed by atoms with Crippen LogP contribution in [0.5, 0.6) is 0 Å². The summed E-state index contributed by atoms with van der Waals surface area (Å²) in [6.07, 6.45) is 4.36. The first-order chi connectivity index (χ1) is 10.1. The molecule has 1 saturated heterocycles. The second kappa shape index (κ2) is 7.88. The zero-order valence-electron chi connectivity index (χ0n) is 12.4. The average Bonchev–Trinajstić information content (AvgIpc) is 3.00. The summed E-state index contributed by atoms with van der Waals surface area (Å²) in [6, 6.07) is 1.65. The maximum Gasteiger partial charge on any atom is 0.279 e. The number of piperidine rings is 1. The Morgan fingerprint density at radius 3 is 2.81 bits per heavy atom. The van der Waals surface area contributed by atoms with Crippen molar-refractivity contribution in [2.45, 2.75) is 32.7 Å². The molecule has 0 aliphatic carbocycles. The molecule has 0 aromatic carbocycles. The van der Waals surface area contributed by atoms with Crippen LogP contribution in [-0.2, 0) is 16.8 Å². The Morgan fingerprint density at radius 1 is 1.43 bits per heavy atom. The molecule has 0 radical (unpaired) electrons. The van der Waals surface area contributed by atoms with E-state index in [1.807, 2.05) is 0 Å². The van der Waals surface area contributed by atoms with Gasteiger partial charge in [0, 0.05) is 19.2 Å². The Balaban J connectivity index is 1.75. The summed E-state index contributed by atoms with van der Waals surface area (Å²) in [5, 5.41) is 7.09. The summed E-state index contributed by atoms with van der Waals surface area (Å²) in [5.74, 6) is 0.568. The summed E-state index contributed by atoms with van der Waals surface area (Å²) in [4.78, 5) is 0. The molecule has 1 aliphatic heterocycles. The van der Waals surface area contributed by atoms with Crippen LogP contribution in [0.3, 0.4) is 0 Å². The monoisotopic (exact) mass is 316 g/mol. The first-order valence-corrected chi connectivity index (χ1v) is 8.90. The Labute approximate surface area is 126 Å². The fraction of sp³-hybridized carbons (Fsp3) is 0.769. The number of aromatic nitrogens is 1. The SMILES string of the molecule is CCCNCC1CCN(S(=O)(=O)NCc2ccon2)CC1. The van der Waals surface area contributed by atoms with Gasteiger partial charge < -0.3 is 9.84 Å². The van der Waals surface area contributed by atoms with E-state index in [-0.39, 0.29) is 6.54 Å². The number of rotatable bonds is 8. The molecule has 0 bridgehead atoms.